The number of fused-ring (bicyclic) bond motifs is 1. The summed E-state index contributed by atoms with van der Waals surface area (Å²) in [5.74, 6) is -0.240. The lowest BCUT2D eigenvalue weighted by molar-refractivity contribution is -0.274. The second-order valence-corrected chi connectivity index (χ2v) is 4.65. The molecule has 21 heavy (non-hydrogen) atoms. The van der Waals surface area contributed by atoms with Crippen LogP contribution in [0.5, 0.6) is 5.75 Å². The van der Waals surface area contributed by atoms with Gasteiger partial charge in [0.1, 0.15) is 11.4 Å². The zero-order valence-corrected chi connectivity index (χ0v) is 11.1. The average Bonchev–Trinajstić information content (AvgIpc) is 2.81. The number of ether oxygens (including phenoxy) is 1. The highest BCUT2D eigenvalue weighted by atomic mass is 19.4. The first-order valence-corrected chi connectivity index (χ1v) is 6.22. The Kier molecular flexibility index (Phi) is 3.08. The SMILES string of the molecule is Cc1ccc2ncc(-c3ccc(OC(F)(F)F)cc3)n2c1. The minimum Gasteiger partial charge on any atom is -0.406 e. The molecule has 3 nitrogen and oxygen atoms in total. The molecule has 2 aromatic heterocycles. The first-order chi connectivity index (χ1) is 9.92. The normalized spacial score (nSPS) is 11.8. The summed E-state index contributed by atoms with van der Waals surface area (Å²) in [7, 11) is 0. The Hall–Kier alpha value is -2.50. The zero-order chi connectivity index (χ0) is 15.0. The van der Waals surface area contributed by atoms with E-state index in [1.807, 2.05) is 29.7 Å². The average molecular weight is 292 g/mol. The van der Waals surface area contributed by atoms with Gasteiger partial charge in [-0.2, -0.15) is 0 Å². The van der Waals surface area contributed by atoms with Crippen molar-refractivity contribution in [3.63, 3.8) is 0 Å². The van der Waals surface area contributed by atoms with Crippen molar-refractivity contribution in [3.8, 4) is 17.0 Å². The molecule has 0 radical (unpaired) electrons. The van der Waals surface area contributed by atoms with Crippen molar-refractivity contribution in [2.45, 2.75) is 13.3 Å². The predicted molar refractivity (Wildman–Crippen MR) is 72.0 cm³/mol. The standard InChI is InChI=1S/C15H11F3N2O/c1-10-2-7-14-19-8-13(20(14)9-10)11-3-5-12(6-4-11)21-15(16,17)18/h2-9H,1H3. The number of halogens is 3. The second kappa shape index (κ2) is 4.80. The lowest BCUT2D eigenvalue weighted by atomic mass is 10.1. The Morgan fingerprint density at radius 2 is 1.76 bits per heavy atom. The molecule has 3 aromatic rings. The van der Waals surface area contributed by atoms with Gasteiger partial charge in [-0.15, -0.1) is 13.2 Å². The van der Waals surface area contributed by atoms with Crippen LogP contribution in [-0.2, 0) is 0 Å². The summed E-state index contributed by atoms with van der Waals surface area (Å²) in [4.78, 5) is 4.27. The first-order valence-electron chi connectivity index (χ1n) is 6.22. The Morgan fingerprint density at radius 1 is 1.05 bits per heavy atom. The van der Waals surface area contributed by atoms with Gasteiger partial charge in [0, 0.05) is 11.8 Å². The third kappa shape index (κ3) is 2.84. The molecule has 0 fully saturated rings. The maximum Gasteiger partial charge on any atom is 0.573 e. The summed E-state index contributed by atoms with van der Waals surface area (Å²) in [6.07, 6.45) is -1.06. The van der Waals surface area contributed by atoms with Crippen LogP contribution in [0.15, 0.2) is 48.8 Å². The molecule has 2 heterocycles. The van der Waals surface area contributed by atoms with Crippen LogP contribution in [0, 0.1) is 6.92 Å². The molecule has 108 valence electrons. The highest BCUT2D eigenvalue weighted by molar-refractivity contribution is 5.64. The van der Waals surface area contributed by atoms with Crippen molar-refractivity contribution in [2.24, 2.45) is 0 Å². The summed E-state index contributed by atoms with van der Waals surface area (Å²) in [6, 6.07) is 9.57. The predicted octanol–water partition coefficient (Wildman–Crippen LogP) is 4.21. The van der Waals surface area contributed by atoms with Crippen LogP contribution in [0.1, 0.15) is 5.56 Å². The molecule has 0 atom stereocenters. The molecule has 0 saturated heterocycles. The van der Waals surface area contributed by atoms with Gasteiger partial charge in [0.2, 0.25) is 0 Å². The number of nitrogens with zero attached hydrogens (tertiary/aromatic N) is 2. The highest BCUT2D eigenvalue weighted by Crippen LogP contribution is 2.27. The van der Waals surface area contributed by atoms with Crippen LogP contribution in [0.3, 0.4) is 0 Å². The summed E-state index contributed by atoms with van der Waals surface area (Å²) in [5.41, 5.74) is 3.43. The molecule has 0 saturated carbocycles. The number of alkyl halides is 3. The Morgan fingerprint density at radius 3 is 2.43 bits per heavy atom. The van der Waals surface area contributed by atoms with E-state index in [1.165, 1.54) is 12.1 Å². The molecular formula is C15H11F3N2O. The van der Waals surface area contributed by atoms with Crippen LogP contribution in [0.4, 0.5) is 13.2 Å². The molecule has 1 aromatic carbocycles. The maximum atomic E-state index is 12.1. The minimum atomic E-state index is -4.68. The number of aromatic nitrogens is 2. The maximum absolute atomic E-state index is 12.1. The third-order valence-corrected chi connectivity index (χ3v) is 3.04. The number of hydrogen-bond donors (Lipinski definition) is 0. The van der Waals surface area contributed by atoms with Crippen molar-refractivity contribution in [1.82, 2.24) is 9.38 Å². The first kappa shape index (κ1) is 13.5. The molecule has 0 unspecified atom stereocenters. The Balaban J connectivity index is 1.97. The molecule has 0 spiro atoms. The van der Waals surface area contributed by atoms with Gasteiger partial charge >= 0.3 is 6.36 Å². The van der Waals surface area contributed by atoms with Gasteiger partial charge in [-0.1, -0.05) is 6.07 Å². The van der Waals surface area contributed by atoms with Crippen molar-refractivity contribution >= 4 is 5.65 Å². The van der Waals surface area contributed by atoms with Crippen LogP contribution >= 0.6 is 0 Å². The van der Waals surface area contributed by atoms with Crippen molar-refractivity contribution < 1.29 is 17.9 Å². The number of hydrogen-bond acceptors (Lipinski definition) is 2. The lowest BCUT2D eigenvalue weighted by Gasteiger charge is -2.09. The number of imidazole rings is 1. The van der Waals surface area contributed by atoms with Gasteiger partial charge < -0.3 is 4.74 Å². The van der Waals surface area contributed by atoms with Gasteiger partial charge in [0.25, 0.3) is 0 Å². The van der Waals surface area contributed by atoms with Gasteiger partial charge in [-0.3, -0.25) is 4.40 Å². The van der Waals surface area contributed by atoms with Crippen LogP contribution in [0.25, 0.3) is 16.9 Å². The van der Waals surface area contributed by atoms with E-state index in [1.54, 1.807) is 18.3 Å². The van der Waals surface area contributed by atoms with E-state index in [0.717, 1.165) is 22.5 Å². The largest absolute Gasteiger partial charge is 0.573 e. The number of rotatable bonds is 2. The monoisotopic (exact) mass is 292 g/mol. The van der Waals surface area contributed by atoms with Gasteiger partial charge in [0.15, 0.2) is 0 Å². The van der Waals surface area contributed by atoms with Crippen molar-refractivity contribution in [3.05, 3.63) is 54.4 Å². The molecule has 0 aliphatic carbocycles. The molecule has 0 aliphatic heterocycles. The van der Waals surface area contributed by atoms with E-state index in [0.29, 0.717) is 0 Å². The fraction of sp³-hybridized carbons (Fsp3) is 0.133. The smallest absolute Gasteiger partial charge is 0.406 e. The van der Waals surface area contributed by atoms with Crippen LogP contribution in [-0.4, -0.2) is 15.7 Å². The molecule has 6 heteroatoms. The Labute approximate surface area is 118 Å². The molecule has 0 bridgehead atoms. The van der Waals surface area contributed by atoms with E-state index in [-0.39, 0.29) is 5.75 Å². The third-order valence-electron chi connectivity index (χ3n) is 3.04. The summed E-state index contributed by atoms with van der Waals surface area (Å²) in [5, 5.41) is 0. The van der Waals surface area contributed by atoms with Crippen molar-refractivity contribution in [1.29, 1.82) is 0 Å². The van der Waals surface area contributed by atoms with E-state index in [9.17, 15) is 13.2 Å². The van der Waals surface area contributed by atoms with Crippen molar-refractivity contribution in [2.75, 3.05) is 0 Å². The van der Waals surface area contributed by atoms with Gasteiger partial charge in [-0.05, 0) is 42.8 Å². The summed E-state index contributed by atoms with van der Waals surface area (Å²) < 4.78 is 42.2. The Bertz CT molecular complexity index is 776. The minimum absolute atomic E-state index is 0.240. The molecule has 0 aliphatic rings. The molecular weight excluding hydrogens is 281 g/mol. The molecule has 0 amide bonds. The van der Waals surface area contributed by atoms with Gasteiger partial charge in [-0.25, -0.2) is 4.98 Å². The highest BCUT2D eigenvalue weighted by Gasteiger charge is 2.30. The lowest BCUT2D eigenvalue weighted by Crippen LogP contribution is -2.16. The van der Waals surface area contributed by atoms with E-state index >= 15 is 0 Å². The van der Waals surface area contributed by atoms with Crippen LogP contribution < -0.4 is 4.74 Å². The number of benzene rings is 1. The fourth-order valence-corrected chi connectivity index (χ4v) is 2.13. The second-order valence-electron chi connectivity index (χ2n) is 4.65. The van der Waals surface area contributed by atoms with E-state index in [2.05, 4.69) is 9.72 Å². The molecule has 3 rings (SSSR count). The number of pyridine rings is 1. The topological polar surface area (TPSA) is 26.5 Å². The zero-order valence-electron chi connectivity index (χ0n) is 11.1. The van der Waals surface area contributed by atoms with E-state index < -0.39 is 6.36 Å². The number of aryl methyl sites for hydroxylation is 1. The quantitative estimate of drug-likeness (QED) is 0.707. The molecule has 0 N–H and O–H groups in total. The summed E-state index contributed by atoms with van der Waals surface area (Å²) in [6.45, 7) is 1.96. The fourth-order valence-electron chi connectivity index (χ4n) is 2.13. The summed E-state index contributed by atoms with van der Waals surface area (Å²) >= 11 is 0. The van der Waals surface area contributed by atoms with Gasteiger partial charge in [0.05, 0.1) is 11.9 Å². The van der Waals surface area contributed by atoms with Crippen LogP contribution in [0.2, 0.25) is 0 Å². The van der Waals surface area contributed by atoms with E-state index in [4.69, 9.17) is 0 Å².